The number of anilines is 1. The van der Waals surface area contributed by atoms with Crippen molar-refractivity contribution in [1.29, 1.82) is 0 Å². The number of benzene rings is 2. The number of likely N-dealkylation sites (N-methyl/N-ethyl adjacent to an activating group) is 1. The van der Waals surface area contributed by atoms with Crippen LogP contribution in [0.5, 0.6) is 0 Å². The lowest BCUT2D eigenvalue weighted by atomic mass is 10.1. The van der Waals surface area contributed by atoms with Crippen molar-refractivity contribution >= 4 is 50.7 Å². The minimum atomic E-state index is -3.80. The van der Waals surface area contributed by atoms with Crippen LogP contribution >= 0.6 is 23.2 Å². The van der Waals surface area contributed by atoms with Gasteiger partial charge in [0.05, 0.1) is 11.9 Å². The molecule has 2 amide bonds. The summed E-state index contributed by atoms with van der Waals surface area (Å²) in [5.41, 5.74) is 0.889. The molecule has 0 bridgehead atoms. The topological polar surface area (TPSA) is 86.8 Å². The van der Waals surface area contributed by atoms with Gasteiger partial charge >= 0.3 is 0 Å². The highest BCUT2D eigenvalue weighted by molar-refractivity contribution is 7.92. The maximum Gasteiger partial charge on any atom is 0.244 e. The Hall–Kier alpha value is -2.29. The van der Waals surface area contributed by atoms with Gasteiger partial charge in [-0.1, -0.05) is 47.5 Å². The maximum atomic E-state index is 13.2. The first-order valence-electron chi connectivity index (χ1n) is 9.02. The van der Waals surface area contributed by atoms with Gasteiger partial charge in [0, 0.05) is 23.6 Å². The van der Waals surface area contributed by atoms with Gasteiger partial charge in [-0.2, -0.15) is 0 Å². The number of amides is 2. The van der Waals surface area contributed by atoms with Gasteiger partial charge in [0.25, 0.3) is 0 Å². The SMILES string of the molecule is CNC(=O)[C@H](C)N(Cc1ccccc1Cl)C(=O)CN(c1cccc(Cl)c1)S(C)(=O)=O. The normalized spacial score (nSPS) is 12.2. The molecule has 0 fully saturated rings. The number of rotatable bonds is 8. The van der Waals surface area contributed by atoms with Gasteiger partial charge in [-0.3, -0.25) is 13.9 Å². The van der Waals surface area contributed by atoms with Crippen molar-refractivity contribution in [2.75, 3.05) is 24.2 Å². The van der Waals surface area contributed by atoms with Gasteiger partial charge in [0.1, 0.15) is 12.6 Å². The Bertz CT molecular complexity index is 1030. The van der Waals surface area contributed by atoms with Crippen molar-refractivity contribution in [2.45, 2.75) is 19.5 Å². The number of carbonyl (C=O) groups is 2. The molecule has 0 spiro atoms. The minimum absolute atomic E-state index is 0.0419. The first-order valence-corrected chi connectivity index (χ1v) is 11.6. The molecule has 1 atom stereocenters. The molecule has 162 valence electrons. The summed E-state index contributed by atoms with van der Waals surface area (Å²) in [6.07, 6.45) is 1.00. The van der Waals surface area contributed by atoms with Crippen LogP contribution in [0.15, 0.2) is 48.5 Å². The summed E-state index contributed by atoms with van der Waals surface area (Å²) < 4.78 is 25.7. The van der Waals surface area contributed by atoms with Crippen molar-refractivity contribution in [1.82, 2.24) is 10.2 Å². The van der Waals surface area contributed by atoms with Crippen LogP contribution in [0.4, 0.5) is 5.69 Å². The molecule has 2 aromatic rings. The van der Waals surface area contributed by atoms with Crippen LogP contribution in [0.1, 0.15) is 12.5 Å². The lowest BCUT2D eigenvalue weighted by molar-refractivity contribution is -0.139. The average Bonchev–Trinajstić information content (AvgIpc) is 2.69. The summed E-state index contributed by atoms with van der Waals surface area (Å²) in [6.45, 7) is 1.11. The lowest BCUT2D eigenvalue weighted by Gasteiger charge is -2.31. The summed E-state index contributed by atoms with van der Waals surface area (Å²) in [7, 11) is -2.33. The zero-order valence-electron chi connectivity index (χ0n) is 16.8. The molecule has 0 aliphatic rings. The van der Waals surface area contributed by atoms with Crippen molar-refractivity contribution in [3.63, 3.8) is 0 Å². The highest BCUT2D eigenvalue weighted by Crippen LogP contribution is 2.23. The molecule has 0 unspecified atom stereocenters. The second-order valence-electron chi connectivity index (χ2n) is 6.65. The van der Waals surface area contributed by atoms with Gasteiger partial charge in [0.2, 0.25) is 21.8 Å². The lowest BCUT2D eigenvalue weighted by Crippen LogP contribution is -2.50. The number of nitrogens with zero attached hydrogens (tertiary/aromatic N) is 2. The molecule has 10 heteroatoms. The number of hydrogen-bond donors (Lipinski definition) is 1. The first kappa shape index (κ1) is 24.0. The standard InChI is InChI=1S/C20H23Cl2N3O4S/c1-14(20(27)23-2)24(12-15-7-4-5-10-18(15)22)19(26)13-25(30(3,28)29)17-9-6-8-16(21)11-17/h4-11,14H,12-13H2,1-3H3,(H,23,27)/t14-/m0/s1. The van der Waals surface area contributed by atoms with Crippen molar-refractivity contribution < 1.29 is 18.0 Å². The molecule has 0 aromatic heterocycles. The van der Waals surface area contributed by atoms with Gasteiger partial charge < -0.3 is 10.2 Å². The average molecular weight is 472 g/mol. The van der Waals surface area contributed by atoms with E-state index in [2.05, 4.69) is 5.32 Å². The summed E-state index contributed by atoms with van der Waals surface area (Å²) in [5.74, 6) is -0.944. The molecule has 30 heavy (non-hydrogen) atoms. The monoisotopic (exact) mass is 471 g/mol. The molecule has 0 aliphatic heterocycles. The smallest absolute Gasteiger partial charge is 0.244 e. The van der Waals surface area contributed by atoms with E-state index in [1.165, 1.54) is 18.0 Å². The zero-order chi connectivity index (χ0) is 22.5. The molecule has 0 radical (unpaired) electrons. The van der Waals surface area contributed by atoms with Gasteiger partial charge in [-0.25, -0.2) is 8.42 Å². The summed E-state index contributed by atoms with van der Waals surface area (Å²) in [6, 6.07) is 12.3. The molecule has 1 N–H and O–H groups in total. The highest BCUT2D eigenvalue weighted by atomic mass is 35.5. The zero-order valence-corrected chi connectivity index (χ0v) is 19.1. The molecule has 7 nitrogen and oxygen atoms in total. The highest BCUT2D eigenvalue weighted by Gasteiger charge is 2.30. The van der Waals surface area contributed by atoms with E-state index in [9.17, 15) is 18.0 Å². The molecule has 2 rings (SSSR count). The Kier molecular flexibility index (Phi) is 8.11. The molecule has 0 saturated heterocycles. The molecular weight excluding hydrogens is 449 g/mol. The summed E-state index contributed by atoms with van der Waals surface area (Å²) >= 11 is 12.2. The second-order valence-corrected chi connectivity index (χ2v) is 9.40. The first-order chi connectivity index (χ1) is 14.0. The third-order valence-electron chi connectivity index (χ3n) is 4.49. The van der Waals surface area contributed by atoms with Crippen LogP contribution in [-0.4, -0.2) is 51.0 Å². The van der Waals surface area contributed by atoms with Gasteiger partial charge in [0.15, 0.2) is 0 Å². The quantitative estimate of drug-likeness (QED) is 0.640. The number of nitrogens with one attached hydrogen (secondary N) is 1. The van der Waals surface area contributed by atoms with E-state index in [1.54, 1.807) is 49.4 Å². The maximum absolute atomic E-state index is 13.2. The third kappa shape index (κ3) is 6.10. The van der Waals surface area contributed by atoms with Crippen molar-refractivity contribution in [2.24, 2.45) is 0 Å². The van der Waals surface area contributed by atoms with Crippen LogP contribution in [0.25, 0.3) is 0 Å². The van der Waals surface area contributed by atoms with E-state index in [4.69, 9.17) is 23.2 Å². The Morgan fingerprint density at radius 2 is 1.77 bits per heavy atom. The number of sulfonamides is 1. The molecule has 2 aromatic carbocycles. The van der Waals surface area contributed by atoms with Crippen LogP contribution in [0.3, 0.4) is 0 Å². The number of hydrogen-bond acceptors (Lipinski definition) is 4. The molecule has 0 aliphatic carbocycles. The molecule has 0 heterocycles. The predicted octanol–water partition coefficient (Wildman–Crippen LogP) is 2.92. The van der Waals surface area contributed by atoms with Crippen LogP contribution in [-0.2, 0) is 26.2 Å². The number of carbonyl (C=O) groups excluding carboxylic acids is 2. The van der Waals surface area contributed by atoms with E-state index in [-0.39, 0.29) is 18.1 Å². The van der Waals surface area contributed by atoms with E-state index in [0.717, 1.165) is 10.6 Å². The van der Waals surface area contributed by atoms with Gasteiger partial charge in [-0.05, 0) is 36.8 Å². The predicted molar refractivity (Wildman–Crippen MR) is 119 cm³/mol. The van der Waals surface area contributed by atoms with Crippen LogP contribution in [0, 0.1) is 0 Å². The molecule has 0 saturated carbocycles. The van der Waals surface area contributed by atoms with Gasteiger partial charge in [-0.15, -0.1) is 0 Å². The number of halogens is 2. The second kappa shape index (κ2) is 10.1. The van der Waals surface area contributed by atoms with E-state index >= 15 is 0 Å². The largest absolute Gasteiger partial charge is 0.357 e. The van der Waals surface area contributed by atoms with Crippen molar-refractivity contribution in [3.05, 3.63) is 64.1 Å². The third-order valence-corrected chi connectivity index (χ3v) is 6.23. The summed E-state index contributed by atoms with van der Waals surface area (Å²) in [4.78, 5) is 26.7. The molecular formula is C20H23Cl2N3O4S. The van der Waals surface area contributed by atoms with E-state index < -0.39 is 28.5 Å². The fraction of sp³-hybridized carbons (Fsp3) is 0.300. The van der Waals surface area contributed by atoms with E-state index in [1.807, 2.05) is 0 Å². The Morgan fingerprint density at radius 1 is 1.10 bits per heavy atom. The Balaban J connectivity index is 2.40. The fourth-order valence-corrected chi connectivity index (χ4v) is 4.07. The van der Waals surface area contributed by atoms with E-state index in [0.29, 0.717) is 15.6 Å². The minimum Gasteiger partial charge on any atom is -0.357 e. The van der Waals surface area contributed by atoms with Crippen molar-refractivity contribution in [3.8, 4) is 0 Å². The fourth-order valence-electron chi connectivity index (χ4n) is 2.85. The summed E-state index contributed by atoms with van der Waals surface area (Å²) in [5, 5.41) is 3.28. The Morgan fingerprint density at radius 3 is 2.33 bits per heavy atom. The van der Waals surface area contributed by atoms with Crippen LogP contribution in [0.2, 0.25) is 10.0 Å². The Labute approximate surface area is 186 Å². The van der Waals surface area contributed by atoms with Crippen LogP contribution < -0.4 is 9.62 Å².